The lowest BCUT2D eigenvalue weighted by atomic mass is 10.2. The summed E-state index contributed by atoms with van der Waals surface area (Å²) in [5, 5.41) is 9.41. The Morgan fingerprint density at radius 3 is 2.62 bits per heavy atom. The molecule has 2 N–H and O–H groups in total. The third-order valence-corrected chi connectivity index (χ3v) is 4.67. The summed E-state index contributed by atoms with van der Waals surface area (Å²) in [6, 6.07) is 14.6. The highest BCUT2D eigenvalue weighted by molar-refractivity contribution is 6.02. The van der Waals surface area contributed by atoms with Gasteiger partial charge >= 0.3 is 0 Å². The van der Waals surface area contributed by atoms with E-state index in [1.165, 1.54) is 12.1 Å². The Bertz CT molecular complexity index is 1210. The normalized spacial score (nSPS) is 11.7. The molecule has 1 aromatic heterocycles. The highest BCUT2D eigenvalue weighted by Crippen LogP contribution is 2.32. The number of nitrogens with zero attached hydrogens (tertiary/aromatic N) is 2. The van der Waals surface area contributed by atoms with E-state index < -0.39 is 17.4 Å². The van der Waals surface area contributed by atoms with Crippen LogP contribution in [0.2, 0.25) is 0 Å². The molecule has 1 aliphatic rings. The second-order valence-corrected chi connectivity index (χ2v) is 6.86. The van der Waals surface area contributed by atoms with E-state index in [2.05, 4.69) is 15.7 Å². The highest BCUT2D eigenvalue weighted by atomic mass is 16.7. The van der Waals surface area contributed by atoms with Crippen LogP contribution < -0.4 is 30.4 Å². The molecule has 0 fully saturated rings. The summed E-state index contributed by atoms with van der Waals surface area (Å²) in [6.07, 6.45) is 0. The van der Waals surface area contributed by atoms with Crippen molar-refractivity contribution < 1.29 is 23.8 Å². The van der Waals surface area contributed by atoms with Gasteiger partial charge in [0.25, 0.3) is 11.5 Å². The van der Waals surface area contributed by atoms with Crippen LogP contribution in [0.3, 0.4) is 0 Å². The number of rotatable bonds is 7. The number of methoxy groups -OCH3 is 1. The molecule has 0 unspecified atom stereocenters. The zero-order valence-electron chi connectivity index (χ0n) is 17.2. The summed E-state index contributed by atoms with van der Waals surface area (Å²) in [5.74, 6) is 0.988. The second kappa shape index (κ2) is 9.21. The smallest absolute Gasteiger partial charge is 0.276 e. The zero-order chi connectivity index (χ0) is 22.5. The van der Waals surface area contributed by atoms with Crippen molar-refractivity contribution in [3.63, 3.8) is 0 Å². The molecule has 0 saturated carbocycles. The summed E-state index contributed by atoms with van der Waals surface area (Å²) in [4.78, 5) is 36.9. The molecule has 0 bridgehead atoms. The Morgan fingerprint density at radius 2 is 1.84 bits per heavy atom. The molecule has 10 heteroatoms. The molecule has 164 valence electrons. The lowest BCUT2D eigenvalue weighted by Gasteiger charge is -2.09. The van der Waals surface area contributed by atoms with Crippen LogP contribution in [0.4, 0.5) is 5.69 Å². The maximum atomic E-state index is 12.5. The topological polar surface area (TPSA) is 121 Å². The largest absolute Gasteiger partial charge is 0.497 e. The molecule has 2 amide bonds. The average molecular weight is 436 g/mol. The molecular formula is C22H20N4O6. The Kier molecular flexibility index (Phi) is 6.02. The molecule has 0 saturated heterocycles. The summed E-state index contributed by atoms with van der Waals surface area (Å²) < 4.78 is 16.6. The van der Waals surface area contributed by atoms with Crippen LogP contribution in [0.15, 0.2) is 59.4 Å². The summed E-state index contributed by atoms with van der Waals surface area (Å²) in [7, 11) is 1.55. The van der Waals surface area contributed by atoms with E-state index in [0.29, 0.717) is 22.9 Å². The molecule has 0 atom stereocenters. The highest BCUT2D eigenvalue weighted by Gasteiger charge is 2.15. The molecule has 4 rings (SSSR count). The lowest BCUT2D eigenvalue weighted by Crippen LogP contribution is -2.34. The minimum absolute atomic E-state index is 0.00369. The number of hydrogen-bond donors (Lipinski definition) is 2. The van der Waals surface area contributed by atoms with Gasteiger partial charge in [-0.3, -0.25) is 14.4 Å². The van der Waals surface area contributed by atoms with Gasteiger partial charge in [0.1, 0.15) is 18.0 Å². The first-order valence-electron chi connectivity index (χ1n) is 9.70. The minimum atomic E-state index is -0.510. The van der Waals surface area contributed by atoms with Crippen LogP contribution in [0.5, 0.6) is 17.2 Å². The van der Waals surface area contributed by atoms with E-state index in [-0.39, 0.29) is 25.6 Å². The summed E-state index contributed by atoms with van der Waals surface area (Å²) >= 11 is 0. The fourth-order valence-corrected chi connectivity index (χ4v) is 3.00. The van der Waals surface area contributed by atoms with Crippen LogP contribution >= 0.6 is 0 Å². The molecule has 0 aliphatic carbocycles. The predicted molar refractivity (Wildman–Crippen MR) is 114 cm³/mol. The minimum Gasteiger partial charge on any atom is -0.497 e. The van der Waals surface area contributed by atoms with E-state index in [9.17, 15) is 14.4 Å². The van der Waals surface area contributed by atoms with Crippen molar-refractivity contribution in [2.24, 2.45) is 0 Å². The van der Waals surface area contributed by atoms with Gasteiger partial charge in [0.05, 0.1) is 7.11 Å². The number of hydrogen-bond acceptors (Lipinski definition) is 7. The molecule has 0 radical (unpaired) electrons. The third kappa shape index (κ3) is 4.86. The summed E-state index contributed by atoms with van der Waals surface area (Å²) in [5.41, 5.74) is 0.862. The zero-order valence-corrected chi connectivity index (χ0v) is 17.2. The number of ether oxygens (including phenoxy) is 3. The quantitative estimate of drug-likeness (QED) is 0.576. The predicted octanol–water partition coefficient (Wildman–Crippen LogP) is 1.55. The molecule has 2 aromatic carbocycles. The van der Waals surface area contributed by atoms with Crippen molar-refractivity contribution in [1.82, 2.24) is 15.1 Å². The Labute approximate surface area is 182 Å². The van der Waals surface area contributed by atoms with Crippen LogP contribution in [0.1, 0.15) is 16.1 Å². The molecule has 1 aliphatic heterocycles. The average Bonchev–Trinajstić information content (AvgIpc) is 3.27. The van der Waals surface area contributed by atoms with Gasteiger partial charge in [0, 0.05) is 18.3 Å². The number of anilines is 1. The first kappa shape index (κ1) is 20.9. The molecule has 0 spiro atoms. The number of carbonyl (C=O) groups is 2. The number of nitrogens with one attached hydrogen (secondary N) is 2. The number of aromatic nitrogens is 2. The maximum Gasteiger partial charge on any atom is 0.276 e. The van der Waals surface area contributed by atoms with Crippen molar-refractivity contribution in [3.05, 3.63) is 76.2 Å². The molecular weight excluding hydrogens is 416 g/mol. The summed E-state index contributed by atoms with van der Waals surface area (Å²) in [6.45, 7) is 0.0804. The van der Waals surface area contributed by atoms with Gasteiger partial charge in [-0.05, 0) is 48.0 Å². The number of fused-ring (bicyclic) bond motifs is 1. The van der Waals surface area contributed by atoms with Crippen LogP contribution in [-0.2, 0) is 17.9 Å². The standard InChI is InChI=1S/C22H20N4O6/c1-30-16-5-3-15(4-6-16)24-22(29)17-7-9-21(28)26(25-17)12-20(27)23-11-14-2-8-18-19(10-14)32-13-31-18/h2-10H,11-13H2,1H3,(H,23,27)(H,24,29). The first-order chi connectivity index (χ1) is 15.5. The van der Waals surface area contributed by atoms with Gasteiger partial charge in [0.2, 0.25) is 12.7 Å². The second-order valence-electron chi connectivity index (χ2n) is 6.86. The van der Waals surface area contributed by atoms with Crippen LogP contribution in [0, 0.1) is 0 Å². The lowest BCUT2D eigenvalue weighted by molar-refractivity contribution is -0.122. The molecule has 10 nitrogen and oxygen atoms in total. The van der Waals surface area contributed by atoms with Crippen molar-refractivity contribution in [3.8, 4) is 17.2 Å². The molecule has 2 heterocycles. The number of carbonyl (C=O) groups excluding carboxylic acids is 2. The SMILES string of the molecule is COc1ccc(NC(=O)c2ccc(=O)n(CC(=O)NCc3ccc4c(c3)OCO4)n2)cc1. The fraction of sp³-hybridized carbons (Fsp3) is 0.182. The van der Waals surface area contributed by atoms with E-state index >= 15 is 0 Å². The Morgan fingerprint density at radius 1 is 1.06 bits per heavy atom. The van der Waals surface area contributed by atoms with Gasteiger partial charge in [-0.1, -0.05) is 6.07 Å². The van der Waals surface area contributed by atoms with E-state index in [1.807, 2.05) is 6.07 Å². The van der Waals surface area contributed by atoms with Gasteiger partial charge in [-0.25, -0.2) is 4.68 Å². The fourth-order valence-electron chi connectivity index (χ4n) is 3.00. The molecule has 3 aromatic rings. The number of amides is 2. The third-order valence-electron chi connectivity index (χ3n) is 4.67. The van der Waals surface area contributed by atoms with Crippen molar-refractivity contribution in [1.29, 1.82) is 0 Å². The van der Waals surface area contributed by atoms with Gasteiger partial charge in [0.15, 0.2) is 11.5 Å². The first-order valence-corrected chi connectivity index (χ1v) is 9.70. The Hall–Kier alpha value is -4.34. The number of benzene rings is 2. The van der Waals surface area contributed by atoms with Crippen LogP contribution in [-0.4, -0.2) is 35.5 Å². The van der Waals surface area contributed by atoms with E-state index in [4.69, 9.17) is 14.2 Å². The van der Waals surface area contributed by atoms with E-state index in [0.717, 1.165) is 10.2 Å². The van der Waals surface area contributed by atoms with Gasteiger partial charge in [-0.15, -0.1) is 0 Å². The van der Waals surface area contributed by atoms with E-state index in [1.54, 1.807) is 43.5 Å². The monoisotopic (exact) mass is 436 g/mol. The van der Waals surface area contributed by atoms with Crippen LogP contribution in [0.25, 0.3) is 0 Å². The maximum absolute atomic E-state index is 12.5. The van der Waals surface area contributed by atoms with Gasteiger partial charge in [-0.2, -0.15) is 5.10 Å². The van der Waals surface area contributed by atoms with Crippen molar-refractivity contribution in [2.75, 3.05) is 19.2 Å². The molecule has 32 heavy (non-hydrogen) atoms. The van der Waals surface area contributed by atoms with Crippen molar-refractivity contribution >= 4 is 17.5 Å². The van der Waals surface area contributed by atoms with Crippen molar-refractivity contribution in [2.45, 2.75) is 13.1 Å². The van der Waals surface area contributed by atoms with Gasteiger partial charge < -0.3 is 24.8 Å². The Balaban J connectivity index is 1.37.